The number of likely N-dealkylation sites (tertiary alicyclic amines) is 1. The van der Waals surface area contributed by atoms with E-state index in [-0.39, 0.29) is 5.84 Å². The van der Waals surface area contributed by atoms with Gasteiger partial charge in [-0.1, -0.05) is 13.0 Å². The molecule has 0 aliphatic carbocycles. The van der Waals surface area contributed by atoms with Crippen LogP contribution in [0.2, 0.25) is 0 Å². The van der Waals surface area contributed by atoms with E-state index < -0.39 is 0 Å². The van der Waals surface area contributed by atoms with Crippen LogP contribution in [0.3, 0.4) is 0 Å². The number of methoxy groups -OCH3 is 2. The van der Waals surface area contributed by atoms with E-state index in [4.69, 9.17) is 20.6 Å². The molecule has 21 heavy (non-hydrogen) atoms. The van der Waals surface area contributed by atoms with Crippen LogP contribution in [-0.4, -0.2) is 44.1 Å². The van der Waals surface area contributed by atoms with Crippen molar-refractivity contribution in [2.45, 2.75) is 26.0 Å². The molecule has 3 N–H and O–H groups in total. The summed E-state index contributed by atoms with van der Waals surface area (Å²) in [6.07, 6.45) is 1.44. The Kier molecular flexibility index (Phi) is 5.20. The third-order valence-electron chi connectivity index (χ3n) is 4.24. The summed E-state index contributed by atoms with van der Waals surface area (Å²) in [6, 6.07) is 5.86. The number of nitrogens with one attached hydrogen (secondary N) is 1. The van der Waals surface area contributed by atoms with Gasteiger partial charge in [-0.25, -0.2) is 0 Å². The first-order valence-corrected chi connectivity index (χ1v) is 7.31. The number of nitrogens with two attached hydrogens (primary N) is 1. The largest absolute Gasteiger partial charge is 0.496 e. The monoisotopic (exact) mass is 291 g/mol. The standard InChI is InChI=1S/C16H25N3O2/c1-11-6-7-19(10-15(11)21-3)9-12-4-5-14(20-2)13(8-12)16(17)18/h4-5,8,11,15H,6-7,9-10H2,1-3H3,(H3,17,18). The molecule has 1 aliphatic rings. The lowest BCUT2D eigenvalue weighted by molar-refractivity contribution is -0.00745. The normalized spacial score (nSPS) is 23.0. The van der Waals surface area contributed by atoms with Gasteiger partial charge < -0.3 is 15.2 Å². The van der Waals surface area contributed by atoms with E-state index >= 15 is 0 Å². The molecule has 1 aromatic rings. The first kappa shape index (κ1) is 15.8. The lowest BCUT2D eigenvalue weighted by Crippen LogP contribution is -2.43. The molecule has 0 aromatic heterocycles. The maximum atomic E-state index is 7.65. The minimum atomic E-state index is 0.0377. The summed E-state index contributed by atoms with van der Waals surface area (Å²) in [6.45, 7) is 5.10. The SMILES string of the molecule is COc1ccc(CN2CCC(C)C(OC)C2)cc1C(=N)N. The van der Waals surface area contributed by atoms with Crippen LogP contribution in [-0.2, 0) is 11.3 Å². The van der Waals surface area contributed by atoms with Crippen molar-refractivity contribution >= 4 is 5.84 Å². The maximum Gasteiger partial charge on any atom is 0.129 e. The molecule has 2 rings (SSSR count). The number of nitrogen functional groups attached to an aromatic ring is 1. The maximum absolute atomic E-state index is 7.65. The molecule has 1 fully saturated rings. The van der Waals surface area contributed by atoms with E-state index in [1.54, 1.807) is 14.2 Å². The van der Waals surface area contributed by atoms with Gasteiger partial charge in [0.15, 0.2) is 0 Å². The number of rotatable bonds is 5. The fourth-order valence-electron chi connectivity index (χ4n) is 2.87. The molecule has 0 amide bonds. The van der Waals surface area contributed by atoms with Gasteiger partial charge in [0.1, 0.15) is 11.6 Å². The second-order valence-electron chi connectivity index (χ2n) is 5.72. The van der Waals surface area contributed by atoms with Crippen molar-refractivity contribution in [2.24, 2.45) is 11.7 Å². The number of amidine groups is 1. The summed E-state index contributed by atoms with van der Waals surface area (Å²) in [5, 5.41) is 7.65. The molecule has 1 aromatic carbocycles. The Morgan fingerprint density at radius 3 is 2.81 bits per heavy atom. The third-order valence-corrected chi connectivity index (χ3v) is 4.24. The summed E-state index contributed by atoms with van der Waals surface area (Å²) in [7, 11) is 3.38. The molecule has 1 heterocycles. The number of benzene rings is 1. The van der Waals surface area contributed by atoms with Crippen LogP contribution >= 0.6 is 0 Å². The van der Waals surface area contributed by atoms with Gasteiger partial charge >= 0.3 is 0 Å². The van der Waals surface area contributed by atoms with E-state index in [0.29, 0.717) is 23.3 Å². The number of hydrogen-bond donors (Lipinski definition) is 2. The molecule has 2 unspecified atom stereocenters. The highest BCUT2D eigenvalue weighted by molar-refractivity contribution is 5.97. The van der Waals surface area contributed by atoms with E-state index in [1.807, 2.05) is 18.2 Å². The Morgan fingerprint density at radius 2 is 2.19 bits per heavy atom. The summed E-state index contributed by atoms with van der Waals surface area (Å²) in [5.41, 5.74) is 7.42. The average molecular weight is 291 g/mol. The fraction of sp³-hybridized carbons (Fsp3) is 0.562. The van der Waals surface area contributed by atoms with Gasteiger partial charge in [0, 0.05) is 20.2 Å². The molecule has 1 aliphatic heterocycles. The van der Waals surface area contributed by atoms with Crippen molar-refractivity contribution < 1.29 is 9.47 Å². The Hall–Kier alpha value is -1.59. The predicted octanol–water partition coefficient (Wildman–Crippen LogP) is 1.84. The highest BCUT2D eigenvalue weighted by atomic mass is 16.5. The minimum absolute atomic E-state index is 0.0377. The topological polar surface area (TPSA) is 71.6 Å². The molecular formula is C16H25N3O2. The van der Waals surface area contributed by atoms with Gasteiger partial charge in [-0.05, 0) is 36.6 Å². The van der Waals surface area contributed by atoms with Gasteiger partial charge in [0.2, 0.25) is 0 Å². The van der Waals surface area contributed by atoms with Crippen molar-refractivity contribution in [3.8, 4) is 5.75 Å². The first-order chi connectivity index (χ1) is 10.0. The molecule has 1 saturated heterocycles. The number of nitrogens with zero attached hydrogens (tertiary/aromatic N) is 1. The van der Waals surface area contributed by atoms with Gasteiger partial charge in [0.25, 0.3) is 0 Å². The highest BCUT2D eigenvalue weighted by Crippen LogP contribution is 2.23. The lowest BCUT2D eigenvalue weighted by atomic mass is 9.95. The highest BCUT2D eigenvalue weighted by Gasteiger charge is 2.26. The Labute approximate surface area is 126 Å². The van der Waals surface area contributed by atoms with Crippen molar-refractivity contribution in [3.05, 3.63) is 29.3 Å². The summed E-state index contributed by atoms with van der Waals surface area (Å²) >= 11 is 0. The first-order valence-electron chi connectivity index (χ1n) is 7.31. The Morgan fingerprint density at radius 1 is 1.43 bits per heavy atom. The zero-order valence-corrected chi connectivity index (χ0v) is 13.1. The van der Waals surface area contributed by atoms with Gasteiger partial charge in [-0.2, -0.15) is 0 Å². The van der Waals surface area contributed by atoms with E-state index in [1.165, 1.54) is 0 Å². The zero-order chi connectivity index (χ0) is 15.4. The molecule has 0 saturated carbocycles. The van der Waals surface area contributed by atoms with Crippen LogP contribution in [0.4, 0.5) is 0 Å². The minimum Gasteiger partial charge on any atom is -0.496 e. The Balaban J connectivity index is 2.09. The predicted molar refractivity (Wildman–Crippen MR) is 83.9 cm³/mol. The summed E-state index contributed by atoms with van der Waals surface area (Å²) in [5.74, 6) is 1.29. The van der Waals surface area contributed by atoms with E-state index in [9.17, 15) is 0 Å². The smallest absolute Gasteiger partial charge is 0.129 e. The molecule has 0 radical (unpaired) electrons. The molecule has 0 bridgehead atoms. The van der Waals surface area contributed by atoms with Gasteiger partial charge in [-0.3, -0.25) is 10.3 Å². The second kappa shape index (κ2) is 6.91. The van der Waals surface area contributed by atoms with E-state index in [0.717, 1.165) is 31.6 Å². The molecule has 0 spiro atoms. The molecular weight excluding hydrogens is 266 g/mol. The third kappa shape index (κ3) is 3.74. The Bertz CT molecular complexity index is 504. The number of hydrogen-bond acceptors (Lipinski definition) is 4. The van der Waals surface area contributed by atoms with Crippen LogP contribution in [0.1, 0.15) is 24.5 Å². The number of piperidine rings is 1. The second-order valence-corrected chi connectivity index (χ2v) is 5.72. The van der Waals surface area contributed by atoms with Crippen LogP contribution in [0.25, 0.3) is 0 Å². The van der Waals surface area contributed by atoms with Crippen LogP contribution in [0.5, 0.6) is 5.75 Å². The summed E-state index contributed by atoms with van der Waals surface area (Å²) < 4.78 is 10.8. The molecule has 5 heteroatoms. The molecule has 116 valence electrons. The van der Waals surface area contributed by atoms with E-state index in [2.05, 4.69) is 11.8 Å². The van der Waals surface area contributed by atoms with Crippen molar-refractivity contribution in [2.75, 3.05) is 27.3 Å². The molecule has 5 nitrogen and oxygen atoms in total. The van der Waals surface area contributed by atoms with Gasteiger partial charge in [-0.15, -0.1) is 0 Å². The van der Waals surface area contributed by atoms with Crippen molar-refractivity contribution in [3.63, 3.8) is 0 Å². The van der Waals surface area contributed by atoms with Gasteiger partial charge in [0.05, 0.1) is 18.8 Å². The summed E-state index contributed by atoms with van der Waals surface area (Å²) in [4.78, 5) is 2.39. The van der Waals surface area contributed by atoms with Crippen LogP contribution < -0.4 is 10.5 Å². The van der Waals surface area contributed by atoms with Crippen LogP contribution in [0.15, 0.2) is 18.2 Å². The van der Waals surface area contributed by atoms with Crippen molar-refractivity contribution in [1.29, 1.82) is 5.41 Å². The molecule has 2 atom stereocenters. The zero-order valence-electron chi connectivity index (χ0n) is 13.1. The fourth-order valence-corrected chi connectivity index (χ4v) is 2.87. The quantitative estimate of drug-likeness (QED) is 0.641. The average Bonchev–Trinajstić information content (AvgIpc) is 2.49. The number of ether oxygens (including phenoxy) is 2. The van der Waals surface area contributed by atoms with Crippen molar-refractivity contribution in [1.82, 2.24) is 4.90 Å². The lowest BCUT2D eigenvalue weighted by Gasteiger charge is -2.36. The van der Waals surface area contributed by atoms with Crippen LogP contribution in [0, 0.1) is 11.3 Å².